The molecule has 4 nitrogen and oxygen atoms in total. The molecule has 0 radical (unpaired) electrons. The number of hydrogen-bond donors (Lipinski definition) is 0. The quantitative estimate of drug-likeness (QED) is 0.676. The number of thioether (sulfide) groups is 1. The van der Waals surface area contributed by atoms with Crippen LogP contribution in [0, 0.1) is 0 Å². The number of ether oxygens (including phenoxy) is 1. The number of hydrogen-bond acceptors (Lipinski definition) is 5. The molecule has 0 unspecified atom stereocenters. The van der Waals surface area contributed by atoms with Crippen LogP contribution < -0.4 is 0 Å². The fraction of sp³-hybridized carbons (Fsp3) is 0.700. The normalized spacial score (nSPS) is 27.7. The minimum absolute atomic E-state index is 0.341. The molecule has 2 aromatic rings. The summed E-state index contributed by atoms with van der Waals surface area (Å²) >= 11 is 3.75. The summed E-state index contributed by atoms with van der Waals surface area (Å²) in [4.78, 5) is 1.37. The van der Waals surface area contributed by atoms with Crippen molar-refractivity contribution in [3.63, 3.8) is 0 Å². The Morgan fingerprint density at radius 1 is 1.15 bits per heavy atom. The average Bonchev–Trinajstić information content (AvgIpc) is 3.25. The Hall–Kier alpha value is -0.850. The molecule has 0 N–H and O–H groups in total. The van der Waals surface area contributed by atoms with Gasteiger partial charge in [-0.05, 0) is 51.0 Å². The van der Waals surface area contributed by atoms with Crippen LogP contribution in [-0.2, 0) is 11.2 Å². The third-order valence-electron chi connectivity index (χ3n) is 5.51. The number of nitrogens with zero attached hydrogens (tertiary/aromatic N) is 3. The Morgan fingerprint density at radius 2 is 1.92 bits per heavy atom. The smallest absolute Gasteiger partial charge is 0.191 e. The zero-order valence-electron chi connectivity index (χ0n) is 15.8. The maximum Gasteiger partial charge on any atom is 0.191 e. The van der Waals surface area contributed by atoms with E-state index in [-0.39, 0.29) is 0 Å². The molecule has 0 spiro atoms. The van der Waals surface area contributed by atoms with E-state index in [2.05, 4.69) is 46.1 Å². The molecule has 2 fully saturated rings. The highest BCUT2D eigenvalue weighted by Crippen LogP contribution is 2.38. The Labute approximate surface area is 164 Å². The third kappa shape index (κ3) is 4.34. The van der Waals surface area contributed by atoms with Crippen LogP contribution in [-0.4, -0.2) is 32.2 Å². The lowest BCUT2D eigenvalue weighted by Crippen LogP contribution is -2.31. The lowest BCUT2D eigenvalue weighted by atomic mass is 9.95. The van der Waals surface area contributed by atoms with Gasteiger partial charge in [0, 0.05) is 22.6 Å². The maximum absolute atomic E-state index is 5.92. The van der Waals surface area contributed by atoms with Crippen molar-refractivity contribution in [1.82, 2.24) is 14.8 Å². The molecular formula is C20H29N3OS2. The van der Waals surface area contributed by atoms with Gasteiger partial charge in [0.2, 0.25) is 0 Å². The maximum atomic E-state index is 5.92. The van der Waals surface area contributed by atoms with Crippen molar-refractivity contribution in [3.05, 3.63) is 28.2 Å². The monoisotopic (exact) mass is 391 g/mol. The predicted octanol–water partition coefficient (Wildman–Crippen LogP) is 5.48. The predicted molar refractivity (Wildman–Crippen MR) is 108 cm³/mol. The second-order valence-corrected chi connectivity index (χ2v) is 10.1. The fourth-order valence-electron chi connectivity index (χ4n) is 4.37. The van der Waals surface area contributed by atoms with E-state index in [1.54, 1.807) is 0 Å². The molecule has 3 heterocycles. The van der Waals surface area contributed by atoms with Crippen molar-refractivity contribution < 1.29 is 4.74 Å². The fourth-order valence-corrected chi connectivity index (χ4v) is 6.56. The molecule has 2 atom stereocenters. The number of aromatic nitrogens is 3. The minimum atomic E-state index is 0.341. The summed E-state index contributed by atoms with van der Waals surface area (Å²) < 4.78 is 8.42. The molecule has 0 amide bonds. The van der Waals surface area contributed by atoms with Gasteiger partial charge in [0.15, 0.2) is 5.16 Å². The Kier molecular flexibility index (Phi) is 6.01. The van der Waals surface area contributed by atoms with Gasteiger partial charge in [0.25, 0.3) is 0 Å². The van der Waals surface area contributed by atoms with E-state index in [9.17, 15) is 0 Å². The van der Waals surface area contributed by atoms with Gasteiger partial charge in [-0.25, -0.2) is 0 Å². The van der Waals surface area contributed by atoms with Crippen LogP contribution in [0.2, 0.25) is 0 Å². The van der Waals surface area contributed by atoms with Gasteiger partial charge in [-0.15, -0.1) is 21.5 Å². The summed E-state index contributed by atoms with van der Waals surface area (Å²) in [5.74, 6) is 1.15. The summed E-state index contributed by atoms with van der Waals surface area (Å²) in [6.45, 7) is 4.38. The Morgan fingerprint density at radius 3 is 2.62 bits per heavy atom. The van der Waals surface area contributed by atoms with E-state index in [0.29, 0.717) is 23.5 Å². The van der Waals surface area contributed by atoms with E-state index in [4.69, 9.17) is 4.74 Å². The van der Waals surface area contributed by atoms with E-state index in [1.165, 1.54) is 37.0 Å². The first-order valence-electron chi connectivity index (χ1n) is 9.97. The first-order chi connectivity index (χ1) is 12.7. The molecule has 1 saturated carbocycles. The molecule has 1 saturated heterocycles. The van der Waals surface area contributed by atoms with Gasteiger partial charge in [-0.2, -0.15) is 0 Å². The van der Waals surface area contributed by atoms with Crippen LogP contribution in [0.4, 0.5) is 0 Å². The van der Waals surface area contributed by atoms with E-state index < -0.39 is 0 Å². The van der Waals surface area contributed by atoms with Crippen LogP contribution in [0.5, 0.6) is 0 Å². The standard InChI is InChI=1S/C20H29N3OS2/c1-14-11-18(12-15(2)24-14)26-20-22-21-19(13-17-9-6-10-25-17)23(20)16-7-4-3-5-8-16/h6,9-10,14-16,18H,3-5,7-8,11-13H2,1-2H3/t14-,15-/m1/s1. The zero-order valence-corrected chi connectivity index (χ0v) is 17.4. The van der Waals surface area contributed by atoms with Crippen molar-refractivity contribution >= 4 is 23.1 Å². The molecule has 26 heavy (non-hydrogen) atoms. The van der Waals surface area contributed by atoms with Crippen molar-refractivity contribution in [2.24, 2.45) is 0 Å². The summed E-state index contributed by atoms with van der Waals surface area (Å²) in [5, 5.41) is 13.2. The lowest BCUT2D eigenvalue weighted by Gasteiger charge is -2.32. The molecule has 4 rings (SSSR count). The number of thiophene rings is 1. The summed E-state index contributed by atoms with van der Waals surface area (Å²) in [7, 11) is 0. The van der Waals surface area contributed by atoms with Crippen LogP contribution >= 0.6 is 23.1 Å². The van der Waals surface area contributed by atoms with Crippen molar-refractivity contribution in [2.75, 3.05) is 0 Å². The summed E-state index contributed by atoms with van der Waals surface area (Å²) in [6, 6.07) is 4.91. The molecule has 142 valence electrons. The summed E-state index contributed by atoms with van der Waals surface area (Å²) in [6.07, 6.45) is 10.4. The van der Waals surface area contributed by atoms with Crippen LogP contribution in [0.1, 0.15) is 75.5 Å². The second-order valence-electron chi connectivity index (χ2n) is 7.79. The van der Waals surface area contributed by atoms with Crippen LogP contribution in [0.3, 0.4) is 0 Å². The molecule has 1 aliphatic heterocycles. The highest BCUT2D eigenvalue weighted by molar-refractivity contribution is 7.99. The van der Waals surface area contributed by atoms with Crippen molar-refractivity contribution in [3.8, 4) is 0 Å². The minimum Gasteiger partial charge on any atom is -0.375 e. The third-order valence-corrected chi connectivity index (χ3v) is 7.60. The zero-order chi connectivity index (χ0) is 17.9. The van der Waals surface area contributed by atoms with Gasteiger partial charge < -0.3 is 9.30 Å². The van der Waals surface area contributed by atoms with Gasteiger partial charge in [-0.1, -0.05) is 37.1 Å². The van der Waals surface area contributed by atoms with Crippen LogP contribution in [0.15, 0.2) is 22.7 Å². The van der Waals surface area contributed by atoms with E-state index >= 15 is 0 Å². The molecule has 6 heteroatoms. The Bertz CT molecular complexity index is 684. The highest BCUT2D eigenvalue weighted by Gasteiger charge is 2.29. The molecule has 2 aliphatic rings. The van der Waals surface area contributed by atoms with E-state index in [0.717, 1.165) is 30.2 Å². The molecule has 1 aliphatic carbocycles. The SMILES string of the molecule is C[C@@H]1CC(Sc2nnc(Cc3cccs3)n2C2CCCCC2)C[C@@H](C)O1. The van der Waals surface area contributed by atoms with Crippen molar-refractivity contribution in [2.45, 2.75) is 93.9 Å². The summed E-state index contributed by atoms with van der Waals surface area (Å²) in [5.41, 5.74) is 0. The van der Waals surface area contributed by atoms with Crippen molar-refractivity contribution in [1.29, 1.82) is 0 Å². The van der Waals surface area contributed by atoms with Gasteiger partial charge in [0.1, 0.15) is 5.82 Å². The molecular weight excluding hydrogens is 362 g/mol. The number of rotatable bonds is 5. The molecule has 0 aromatic carbocycles. The van der Waals surface area contributed by atoms with Gasteiger partial charge >= 0.3 is 0 Å². The van der Waals surface area contributed by atoms with Gasteiger partial charge in [0.05, 0.1) is 12.2 Å². The second kappa shape index (κ2) is 8.44. The first kappa shape index (κ1) is 18.5. The van der Waals surface area contributed by atoms with Gasteiger partial charge in [-0.3, -0.25) is 0 Å². The largest absolute Gasteiger partial charge is 0.375 e. The van der Waals surface area contributed by atoms with Crippen LogP contribution in [0.25, 0.3) is 0 Å². The molecule has 2 aromatic heterocycles. The van der Waals surface area contributed by atoms with E-state index in [1.807, 2.05) is 23.1 Å². The highest BCUT2D eigenvalue weighted by atomic mass is 32.2. The topological polar surface area (TPSA) is 39.9 Å². The first-order valence-corrected chi connectivity index (χ1v) is 11.7. The average molecular weight is 392 g/mol. The molecule has 0 bridgehead atoms. The Balaban J connectivity index is 1.57. The lowest BCUT2D eigenvalue weighted by molar-refractivity contribution is -0.0265.